The molecule has 0 spiro atoms. The number of halogens is 1. The molecule has 0 bridgehead atoms. The van der Waals surface area contributed by atoms with Gasteiger partial charge in [-0.25, -0.2) is 0 Å². The monoisotopic (exact) mass is 211 g/mol. The van der Waals surface area contributed by atoms with E-state index in [9.17, 15) is 0 Å². The maximum Gasteiger partial charge on any atom is 0.0380 e. The lowest BCUT2D eigenvalue weighted by molar-refractivity contribution is 0.491. The minimum absolute atomic E-state index is 0.374. The molecule has 1 aromatic carbocycles. The zero-order valence-corrected chi connectivity index (χ0v) is 9.59. The molecule has 0 heterocycles. The lowest BCUT2D eigenvalue weighted by Crippen LogP contribution is -2.37. The lowest BCUT2D eigenvalue weighted by Gasteiger charge is -2.18. The van der Waals surface area contributed by atoms with Gasteiger partial charge in [0.15, 0.2) is 0 Å². The first-order chi connectivity index (χ1) is 6.72. The van der Waals surface area contributed by atoms with Crippen molar-refractivity contribution in [1.82, 2.24) is 5.32 Å². The van der Waals surface area contributed by atoms with Crippen LogP contribution in [0, 0.1) is 0 Å². The fourth-order valence-electron chi connectivity index (χ4n) is 1.53. The summed E-state index contributed by atoms with van der Waals surface area (Å²) in [5, 5.41) is 3.45. The summed E-state index contributed by atoms with van der Waals surface area (Å²) in [5.74, 6) is 0.660. The minimum Gasteiger partial charge on any atom is -0.310 e. The number of benzene rings is 1. The molecule has 78 valence electrons. The van der Waals surface area contributed by atoms with Crippen LogP contribution in [0.4, 0.5) is 0 Å². The van der Waals surface area contributed by atoms with Crippen LogP contribution < -0.4 is 5.32 Å². The first-order valence-corrected chi connectivity index (χ1v) is 5.61. The van der Waals surface area contributed by atoms with Gasteiger partial charge in [-0.1, -0.05) is 44.2 Å². The summed E-state index contributed by atoms with van der Waals surface area (Å²) < 4.78 is 0. The topological polar surface area (TPSA) is 12.0 Å². The quantitative estimate of drug-likeness (QED) is 0.739. The zero-order valence-electron chi connectivity index (χ0n) is 8.83. The largest absolute Gasteiger partial charge is 0.310 e. The Bertz CT molecular complexity index is 246. The van der Waals surface area contributed by atoms with Gasteiger partial charge in [-0.3, -0.25) is 0 Å². The molecule has 0 aromatic heterocycles. The number of nitrogens with one attached hydrogen (secondary N) is 1. The predicted molar refractivity (Wildman–Crippen MR) is 62.9 cm³/mol. The molecule has 1 nitrogen and oxygen atoms in total. The number of hydrogen-bond donors (Lipinski definition) is 1. The normalized spacial score (nSPS) is 13.1. The highest BCUT2D eigenvalue weighted by Crippen LogP contribution is 2.05. The Hall–Kier alpha value is -0.530. The summed E-state index contributed by atoms with van der Waals surface area (Å²) in [6, 6.07) is 11.3. The van der Waals surface area contributed by atoms with Gasteiger partial charge in [0, 0.05) is 18.0 Å². The molecule has 0 aliphatic carbocycles. The Balaban J connectivity index is 2.48. The van der Waals surface area contributed by atoms with Crippen molar-refractivity contribution in [2.24, 2.45) is 0 Å². The van der Waals surface area contributed by atoms with Gasteiger partial charge in [-0.2, -0.15) is 0 Å². The third-order valence-electron chi connectivity index (χ3n) is 2.08. The van der Waals surface area contributed by atoms with Gasteiger partial charge in [-0.05, 0) is 12.0 Å². The summed E-state index contributed by atoms with van der Waals surface area (Å²) in [7, 11) is 0. The van der Waals surface area contributed by atoms with Gasteiger partial charge in [0.25, 0.3) is 0 Å². The van der Waals surface area contributed by atoms with Crippen LogP contribution in [-0.2, 0) is 6.42 Å². The van der Waals surface area contributed by atoms with E-state index in [1.54, 1.807) is 0 Å². The summed E-state index contributed by atoms with van der Waals surface area (Å²) in [6.45, 7) is 4.29. The Kier molecular flexibility index (Phi) is 4.99. The highest BCUT2D eigenvalue weighted by molar-refractivity contribution is 6.18. The van der Waals surface area contributed by atoms with E-state index in [1.165, 1.54) is 5.56 Å². The van der Waals surface area contributed by atoms with Gasteiger partial charge in [-0.15, -0.1) is 11.6 Å². The van der Waals surface area contributed by atoms with Crippen LogP contribution in [0.2, 0.25) is 0 Å². The molecule has 0 radical (unpaired) electrons. The molecule has 0 saturated carbocycles. The van der Waals surface area contributed by atoms with Crippen LogP contribution >= 0.6 is 11.6 Å². The Labute approximate surface area is 91.5 Å². The van der Waals surface area contributed by atoms with E-state index in [4.69, 9.17) is 11.6 Å². The van der Waals surface area contributed by atoms with Crippen LogP contribution in [0.3, 0.4) is 0 Å². The fourth-order valence-corrected chi connectivity index (χ4v) is 1.73. The SMILES string of the molecule is CC(C)NC(CCl)Cc1ccccc1. The van der Waals surface area contributed by atoms with E-state index < -0.39 is 0 Å². The summed E-state index contributed by atoms with van der Waals surface area (Å²) in [6.07, 6.45) is 1.00. The summed E-state index contributed by atoms with van der Waals surface area (Å²) >= 11 is 5.90. The van der Waals surface area contributed by atoms with E-state index in [0.717, 1.165) is 6.42 Å². The average molecular weight is 212 g/mol. The molecule has 14 heavy (non-hydrogen) atoms. The van der Waals surface area contributed by atoms with Crippen molar-refractivity contribution in [1.29, 1.82) is 0 Å². The molecule has 0 aliphatic rings. The number of rotatable bonds is 5. The van der Waals surface area contributed by atoms with Crippen molar-refractivity contribution >= 4 is 11.6 Å². The predicted octanol–water partition coefficient (Wildman–Crippen LogP) is 2.83. The first-order valence-electron chi connectivity index (χ1n) is 5.08. The van der Waals surface area contributed by atoms with Crippen molar-refractivity contribution in [3.05, 3.63) is 35.9 Å². The first kappa shape index (κ1) is 11.5. The minimum atomic E-state index is 0.374. The van der Waals surface area contributed by atoms with E-state index in [1.807, 2.05) is 6.07 Å². The van der Waals surface area contributed by atoms with Crippen molar-refractivity contribution in [2.45, 2.75) is 32.4 Å². The smallest absolute Gasteiger partial charge is 0.0380 e. The standard InChI is InChI=1S/C12H18ClN/c1-10(2)14-12(9-13)8-11-6-4-3-5-7-11/h3-7,10,12,14H,8-9H2,1-2H3. The molecular weight excluding hydrogens is 194 g/mol. The van der Waals surface area contributed by atoms with Gasteiger partial charge in [0.2, 0.25) is 0 Å². The molecular formula is C12H18ClN. The Morgan fingerprint density at radius 3 is 2.36 bits per heavy atom. The van der Waals surface area contributed by atoms with Crippen LogP contribution in [0.25, 0.3) is 0 Å². The summed E-state index contributed by atoms with van der Waals surface area (Å²) in [4.78, 5) is 0. The Morgan fingerprint density at radius 1 is 1.21 bits per heavy atom. The second kappa shape index (κ2) is 6.05. The van der Waals surface area contributed by atoms with Gasteiger partial charge in [0.05, 0.1) is 0 Å². The highest BCUT2D eigenvalue weighted by Gasteiger charge is 2.08. The number of alkyl halides is 1. The fraction of sp³-hybridized carbons (Fsp3) is 0.500. The molecule has 1 atom stereocenters. The van der Waals surface area contributed by atoms with E-state index >= 15 is 0 Å². The maximum absolute atomic E-state index is 5.90. The highest BCUT2D eigenvalue weighted by atomic mass is 35.5. The zero-order chi connectivity index (χ0) is 10.4. The van der Waals surface area contributed by atoms with Crippen molar-refractivity contribution in [3.63, 3.8) is 0 Å². The second-order valence-corrected chi connectivity index (χ2v) is 4.17. The average Bonchev–Trinajstić information content (AvgIpc) is 2.17. The van der Waals surface area contributed by atoms with Crippen molar-refractivity contribution < 1.29 is 0 Å². The third kappa shape index (κ3) is 4.12. The van der Waals surface area contributed by atoms with Gasteiger partial charge in [0.1, 0.15) is 0 Å². The molecule has 0 aliphatic heterocycles. The third-order valence-corrected chi connectivity index (χ3v) is 2.45. The van der Waals surface area contributed by atoms with Crippen LogP contribution in [0.15, 0.2) is 30.3 Å². The molecule has 0 saturated heterocycles. The molecule has 0 fully saturated rings. The Morgan fingerprint density at radius 2 is 1.86 bits per heavy atom. The van der Waals surface area contributed by atoms with Crippen molar-refractivity contribution in [2.75, 3.05) is 5.88 Å². The number of hydrogen-bond acceptors (Lipinski definition) is 1. The molecule has 2 heteroatoms. The molecule has 1 aromatic rings. The van der Waals surface area contributed by atoms with Crippen molar-refractivity contribution in [3.8, 4) is 0 Å². The van der Waals surface area contributed by atoms with Gasteiger partial charge >= 0.3 is 0 Å². The summed E-state index contributed by atoms with van der Waals surface area (Å²) in [5.41, 5.74) is 1.34. The van der Waals surface area contributed by atoms with E-state index in [2.05, 4.69) is 43.4 Å². The van der Waals surface area contributed by atoms with Crippen LogP contribution in [-0.4, -0.2) is 18.0 Å². The van der Waals surface area contributed by atoms with E-state index in [-0.39, 0.29) is 0 Å². The van der Waals surface area contributed by atoms with E-state index in [0.29, 0.717) is 18.0 Å². The van der Waals surface area contributed by atoms with Gasteiger partial charge < -0.3 is 5.32 Å². The molecule has 1 N–H and O–H groups in total. The second-order valence-electron chi connectivity index (χ2n) is 3.86. The van der Waals surface area contributed by atoms with Crippen LogP contribution in [0.1, 0.15) is 19.4 Å². The molecule has 0 amide bonds. The lowest BCUT2D eigenvalue weighted by atomic mass is 10.1. The maximum atomic E-state index is 5.90. The van der Waals surface area contributed by atoms with Crippen LogP contribution in [0.5, 0.6) is 0 Å². The molecule has 1 rings (SSSR count). The molecule has 1 unspecified atom stereocenters.